The Morgan fingerprint density at radius 3 is 2.86 bits per heavy atom. The minimum absolute atomic E-state index is 0.482. The highest BCUT2D eigenvalue weighted by molar-refractivity contribution is 5.74. The second kappa shape index (κ2) is 7.25. The van der Waals surface area contributed by atoms with Gasteiger partial charge in [0.05, 0.1) is 24.1 Å². The van der Waals surface area contributed by atoms with Crippen molar-refractivity contribution in [1.29, 1.82) is 0 Å². The van der Waals surface area contributed by atoms with Crippen molar-refractivity contribution in [3.63, 3.8) is 0 Å². The lowest BCUT2D eigenvalue weighted by atomic mass is 10.1. The summed E-state index contributed by atoms with van der Waals surface area (Å²) in [6.07, 6.45) is 6.47. The highest BCUT2D eigenvalue weighted by Gasteiger charge is 2.17. The first-order valence-corrected chi connectivity index (χ1v) is 9.33. The van der Waals surface area contributed by atoms with Crippen molar-refractivity contribution in [1.82, 2.24) is 25.3 Å². The number of hydrogen-bond acceptors (Lipinski definition) is 7. The zero-order valence-corrected chi connectivity index (χ0v) is 15.6. The molecule has 5 rings (SSSR count). The molecule has 0 radical (unpaired) electrons. The largest absolute Gasteiger partial charge is 0.384 e. The number of fused-ring (bicyclic) bond motifs is 1. The van der Waals surface area contributed by atoms with Crippen LogP contribution in [-0.4, -0.2) is 19.7 Å². The molecule has 0 saturated carbocycles. The Balaban J connectivity index is 1.34. The van der Waals surface area contributed by atoms with Gasteiger partial charge in [0.1, 0.15) is 5.82 Å². The van der Waals surface area contributed by atoms with Crippen LogP contribution in [0.1, 0.15) is 16.7 Å². The fourth-order valence-electron chi connectivity index (χ4n) is 3.50. The maximum atomic E-state index is 5.92. The second-order valence-corrected chi connectivity index (χ2v) is 6.94. The van der Waals surface area contributed by atoms with E-state index in [4.69, 9.17) is 5.73 Å². The molecule has 4 heterocycles. The van der Waals surface area contributed by atoms with Gasteiger partial charge in [-0.2, -0.15) is 5.10 Å². The molecule has 3 aromatic heterocycles. The number of hydrazine groups is 2. The minimum atomic E-state index is 0.482. The van der Waals surface area contributed by atoms with Crippen LogP contribution in [-0.2, 0) is 13.0 Å². The predicted octanol–water partition coefficient (Wildman–Crippen LogP) is 2.82. The maximum Gasteiger partial charge on any atom is 0.169 e. The van der Waals surface area contributed by atoms with Crippen molar-refractivity contribution in [2.75, 3.05) is 16.6 Å². The third kappa shape index (κ3) is 3.61. The molecule has 8 nitrogen and oxygen atoms in total. The molecule has 0 atom stereocenters. The standard InChI is InChI=1S/C21H20N8/c22-19-10-17(20-21(25-19)27-28-26-20)9-15-11-24-29(13-15)12-14-4-3-5-16(8-14)18-6-1-2-7-23-18/h1-8,10-11,13,26,28H,9,12H2,(H3,22,25,27). The molecule has 0 spiro atoms. The first kappa shape index (κ1) is 17.2. The zero-order chi connectivity index (χ0) is 19.6. The predicted molar refractivity (Wildman–Crippen MR) is 113 cm³/mol. The number of aromatic nitrogens is 4. The van der Waals surface area contributed by atoms with Crippen molar-refractivity contribution in [2.45, 2.75) is 13.0 Å². The highest BCUT2D eigenvalue weighted by Crippen LogP contribution is 2.30. The van der Waals surface area contributed by atoms with Crippen molar-refractivity contribution >= 4 is 17.3 Å². The molecule has 0 unspecified atom stereocenters. The van der Waals surface area contributed by atoms with Gasteiger partial charge in [-0.25, -0.2) is 4.98 Å². The van der Waals surface area contributed by atoms with Crippen molar-refractivity contribution in [3.05, 3.63) is 83.8 Å². The molecule has 29 heavy (non-hydrogen) atoms. The topological polar surface area (TPSA) is 106 Å². The van der Waals surface area contributed by atoms with E-state index in [1.54, 1.807) is 0 Å². The van der Waals surface area contributed by atoms with Gasteiger partial charge >= 0.3 is 0 Å². The van der Waals surface area contributed by atoms with Crippen LogP contribution in [0.2, 0.25) is 0 Å². The van der Waals surface area contributed by atoms with Crippen LogP contribution in [0.25, 0.3) is 11.3 Å². The number of nitrogens with two attached hydrogens (primary N) is 1. The van der Waals surface area contributed by atoms with Gasteiger partial charge in [0, 0.05) is 24.4 Å². The molecule has 0 saturated heterocycles. The van der Waals surface area contributed by atoms with Gasteiger partial charge in [-0.1, -0.05) is 24.3 Å². The molecular weight excluding hydrogens is 364 g/mol. The van der Waals surface area contributed by atoms with E-state index in [2.05, 4.69) is 61.9 Å². The minimum Gasteiger partial charge on any atom is -0.384 e. The summed E-state index contributed by atoms with van der Waals surface area (Å²) in [4.78, 5) is 8.70. The van der Waals surface area contributed by atoms with Crippen LogP contribution < -0.4 is 22.1 Å². The van der Waals surface area contributed by atoms with E-state index in [-0.39, 0.29) is 0 Å². The van der Waals surface area contributed by atoms with Gasteiger partial charge in [0.25, 0.3) is 0 Å². The SMILES string of the molecule is Nc1cc(Cc2cnn(Cc3cccc(-c4ccccn4)c3)c2)c2c(n1)NNN2. The van der Waals surface area contributed by atoms with Gasteiger partial charge in [-0.3, -0.25) is 15.1 Å². The lowest BCUT2D eigenvalue weighted by Crippen LogP contribution is -2.19. The van der Waals surface area contributed by atoms with Gasteiger partial charge in [-0.05, 0) is 41.0 Å². The molecule has 1 aliphatic rings. The average molecular weight is 384 g/mol. The van der Waals surface area contributed by atoms with E-state index in [1.807, 2.05) is 41.3 Å². The van der Waals surface area contributed by atoms with Gasteiger partial charge in [0.15, 0.2) is 5.82 Å². The number of hydrogen-bond donors (Lipinski definition) is 4. The van der Waals surface area contributed by atoms with Gasteiger partial charge < -0.3 is 11.2 Å². The quantitative estimate of drug-likeness (QED) is 0.419. The molecule has 5 N–H and O–H groups in total. The average Bonchev–Trinajstić information content (AvgIpc) is 3.38. The van der Waals surface area contributed by atoms with Crippen LogP contribution in [0.4, 0.5) is 17.3 Å². The van der Waals surface area contributed by atoms with Crippen molar-refractivity contribution in [2.24, 2.45) is 0 Å². The van der Waals surface area contributed by atoms with Crippen LogP contribution in [0.5, 0.6) is 0 Å². The normalized spacial score (nSPS) is 12.3. The van der Waals surface area contributed by atoms with Crippen LogP contribution in [0.15, 0.2) is 67.1 Å². The molecule has 0 aliphatic carbocycles. The summed E-state index contributed by atoms with van der Waals surface area (Å²) in [5.41, 5.74) is 21.1. The Morgan fingerprint density at radius 1 is 1.00 bits per heavy atom. The summed E-state index contributed by atoms with van der Waals surface area (Å²) in [5, 5.41) is 4.53. The monoisotopic (exact) mass is 384 g/mol. The van der Waals surface area contributed by atoms with E-state index in [0.717, 1.165) is 28.1 Å². The summed E-state index contributed by atoms with van der Waals surface area (Å²) < 4.78 is 1.95. The zero-order valence-electron chi connectivity index (χ0n) is 15.6. The third-order valence-corrected chi connectivity index (χ3v) is 4.80. The molecule has 1 aliphatic heterocycles. The lowest BCUT2D eigenvalue weighted by Gasteiger charge is -2.07. The number of anilines is 3. The number of nitrogens with zero attached hydrogens (tertiary/aromatic N) is 4. The first-order valence-electron chi connectivity index (χ1n) is 9.33. The summed E-state index contributed by atoms with van der Waals surface area (Å²) in [6, 6.07) is 16.2. The van der Waals surface area contributed by atoms with E-state index in [9.17, 15) is 0 Å². The lowest BCUT2D eigenvalue weighted by molar-refractivity contribution is 0.686. The molecule has 0 amide bonds. The summed E-state index contributed by atoms with van der Waals surface area (Å²) in [6.45, 7) is 0.693. The van der Waals surface area contributed by atoms with Gasteiger partial charge in [0.2, 0.25) is 0 Å². The molecule has 0 fully saturated rings. The Morgan fingerprint density at radius 2 is 1.97 bits per heavy atom. The number of nitrogens with one attached hydrogen (secondary N) is 3. The fraction of sp³-hybridized carbons (Fsp3) is 0.0952. The molecule has 144 valence electrons. The molecule has 8 heteroatoms. The van der Waals surface area contributed by atoms with Gasteiger partial charge in [-0.15, -0.1) is 5.53 Å². The van der Waals surface area contributed by atoms with E-state index in [0.29, 0.717) is 24.6 Å². The Labute approximate surface area is 167 Å². The van der Waals surface area contributed by atoms with Crippen LogP contribution >= 0.6 is 0 Å². The van der Waals surface area contributed by atoms with Crippen LogP contribution in [0.3, 0.4) is 0 Å². The van der Waals surface area contributed by atoms with Crippen molar-refractivity contribution in [3.8, 4) is 11.3 Å². The number of benzene rings is 1. The van der Waals surface area contributed by atoms with Crippen LogP contribution in [0, 0.1) is 0 Å². The Kier molecular flexibility index (Phi) is 4.30. The fourth-order valence-corrected chi connectivity index (χ4v) is 3.50. The molecule has 0 bridgehead atoms. The smallest absolute Gasteiger partial charge is 0.169 e. The molecule has 4 aromatic rings. The highest BCUT2D eigenvalue weighted by atomic mass is 15.6. The Bertz CT molecular complexity index is 1150. The van der Waals surface area contributed by atoms with E-state index >= 15 is 0 Å². The number of nitrogen functional groups attached to an aromatic ring is 1. The van der Waals surface area contributed by atoms with E-state index in [1.165, 1.54) is 5.56 Å². The first-order chi connectivity index (χ1) is 14.2. The number of rotatable bonds is 5. The molecular formula is C21H20N8. The Hall–Kier alpha value is -3.91. The number of pyridine rings is 2. The summed E-state index contributed by atoms with van der Waals surface area (Å²) >= 11 is 0. The van der Waals surface area contributed by atoms with Crippen molar-refractivity contribution < 1.29 is 0 Å². The second-order valence-electron chi connectivity index (χ2n) is 6.94. The summed E-state index contributed by atoms with van der Waals surface area (Å²) in [7, 11) is 0. The maximum absolute atomic E-state index is 5.92. The summed E-state index contributed by atoms with van der Waals surface area (Å²) in [5.74, 6) is 1.19. The molecule has 1 aromatic carbocycles. The van der Waals surface area contributed by atoms with E-state index < -0.39 is 0 Å². The third-order valence-electron chi connectivity index (χ3n) is 4.80.